The average Bonchev–Trinajstić information content (AvgIpc) is 2.87. The van der Waals surface area contributed by atoms with Crippen LogP contribution in [-0.2, 0) is 10.0 Å². The molecule has 0 N–H and O–H groups in total. The van der Waals surface area contributed by atoms with Crippen molar-refractivity contribution >= 4 is 37.9 Å². The normalized spacial score (nSPS) is 11.6. The van der Waals surface area contributed by atoms with Crippen LogP contribution in [0.2, 0.25) is 5.15 Å². The lowest BCUT2D eigenvalue weighted by molar-refractivity contribution is 0.476. The molecule has 0 saturated heterocycles. The van der Waals surface area contributed by atoms with Gasteiger partial charge in [0, 0.05) is 11.6 Å². The molecule has 0 radical (unpaired) electrons. The van der Waals surface area contributed by atoms with E-state index in [9.17, 15) is 8.42 Å². The summed E-state index contributed by atoms with van der Waals surface area (Å²) in [7, 11) is -4.05. The number of sulfonamides is 1. The van der Waals surface area contributed by atoms with Gasteiger partial charge in [0.1, 0.15) is 13.1 Å². The summed E-state index contributed by atoms with van der Waals surface area (Å²) in [5, 5.41) is 18.6. The van der Waals surface area contributed by atoms with Crippen molar-refractivity contribution in [2.45, 2.75) is 5.03 Å². The molecule has 2 aromatic heterocycles. The summed E-state index contributed by atoms with van der Waals surface area (Å²) in [6.45, 7) is -0.854. The molecule has 2 heterocycles. The monoisotopic (exact) mass is 315 g/mol. The molecule has 0 saturated carbocycles. The first-order valence-corrected chi connectivity index (χ1v) is 7.57. The second-order valence-corrected chi connectivity index (χ2v) is 6.44. The molecule has 0 aliphatic carbocycles. The van der Waals surface area contributed by atoms with Gasteiger partial charge in [-0.15, -0.1) is 11.3 Å². The van der Waals surface area contributed by atoms with Crippen molar-refractivity contribution in [2.24, 2.45) is 0 Å². The van der Waals surface area contributed by atoms with Crippen LogP contribution in [0.3, 0.4) is 0 Å². The van der Waals surface area contributed by atoms with Crippen molar-refractivity contribution < 1.29 is 8.42 Å². The van der Waals surface area contributed by atoms with E-state index in [0.717, 1.165) is 4.31 Å². The van der Waals surface area contributed by atoms with Gasteiger partial charge in [0.05, 0.1) is 12.1 Å². The van der Waals surface area contributed by atoms with Gasteiger partial charge in [-0.2, -0.15) is 14.8 Å². The van der Waals surface area contributed by atoms with Gasteiger partial charge in [-0.3, -0.25) is 4.40 Å². The molecule has 0 atom stereocenters. The van der Waals surface area contributed by atoms with Crippen LogP contribution in [0.4, 0.5) is 0 Å². The maximum Gasteiger partial charge on any atom is 0.264 e. The van der Waals surface area contributed by atoms with Crippen molar-refractivity contribution in [3.63, 3.8) is 0 Å². The van der Waals surface area contributed by atoms with Gasteiger partial charge < -0.3 is 0 Å². The Bertz CT molecular complexity index is 779. The summed E-state index contributed by atoms with van der Waals surface area (Å²) >= 11 is 7.07. The highest BCUT2D eigenvalue weighted by Crippen LogP contribution is 2.27. The Morgan fingerprint density at radius 1 is 1.42 bits per heavy atom. The third-order valence-electron chi connectivity index (χ3n) is 2.26. The number of hydrogen-bond acceptors (Lipinski definition) is 6. The second kappa shape index (κ2) is 5.15. The first-order chi connectivity index (χ1) is 9.02. The number of nitriles is 2. The van der Waals surface area contributed by atoms with Crippen molar-refractivity contribution in [2.75, 3.05) is 13.1 Å². The molecule has 0 unspecified atom stereocenters. The summed E-state index contributed by atoms with van der Waals surface area (Å²) in [5.74, 6) is 0. The number of halogens is 1. The summed E-state index contributed by atoms with van der Waals surface area (Å²) in [6.07, 6.45) is 1.52. The molecule has 0 aliphatic rings. The number of hydrogen-bond donors (Lipinski definition) is 0. The van der Waals surface area contributed by atoms with Crippen molar-refractivity contribution in [1.82, 2.24) is 13.7 Å². The zero-order valence-electron chi connectivity index (χ0n) is 9.32. The molecule has 19 heavy (non-hydrogen) atoms. The maximum atomic E-state index is 12.4. The van der Waals surface area contributed by atoms with E-state index in [0.29, 0.717) is 4.96 Å². The predicted octanol–water partition coefficient (Wildman–Crippen LogP) is 1.09. The molecule has 2 rings (SSSR count). The van der Waals surface area contributed by atoms with Gasteiger partial charge in [-0.05, 0) is 0 Å². The second-order valence-electron chi connectivity index (χ2n) is 3.35. The molecular formula is C9H6ClN5O2S2. The number of rotatable bonds is 4. The Kier molecular flexibility index (Phi) is 3.73. The van der Waals surface area contributed by atoms with E-state index >= 15 is 0 Å². The van der Waals surface area contributed by atoms with Crippen LogP contribution in [0, 0.1) is 22.7 Å². The highest BCUT2D eigenvalue weighted by molar-refractivity contribution is 7.89. The fourth-order valence-corrected chi connectivity index (χ4v) is 4.12. The SMILES string of the molecule is N#CCN(CC#N)S(=O)(=O)c1c(Cl)nc2sccn12. The van der Waals surface area contributed by atoms with Crippen LogP contribution < -0.4 is 0 Å². The molecular weight excluding hydrogens is 310 g/mol. The van der Waals surface area contributed by atoms with E-state index in [-0.39, 0.29) is 10.2 Å². The van der Waals surface area contributed by atoms with Gasteiger partial charge in [0.15, 0.2) is 15.1 Å². The molecule has 7 nitrogen and oxygen atoms in total. The maximum absolute atomic E-state index is 12.4. The molecule has 0 spiro atoms. The zero-order chi connectivity index (χ0) is 14.0. The molecule has 0 bridgehead atoms. The third-order valence-corrected chi connectivity index (χ3v) is 5.21. The van der Waals surface area contributed by atoms with Crippen LogP contribution in [0.25, 0.3) is 4.96 Å². The summed E-state index contributed by atoms with van der Waals surface area (Å²) < 4.78 is 26.9. The van der Waals surface area contributed by atoms with Crippen LogP contribution in [0.1, 0.15) is 0 Å². The van der Waals surface area contributed by atoms with E-state index in [4.69, 9.17) is 22.1 Å². The zero-order valence-corrected chi connectivity index (χ0v) is 11.7. The number of nitrogens with zero attached hydrogens (tertiary/aromatic N) is 5. The van der Waals surface area contributed by atoms with Gasteiger partial charge >= 0.3 is 0 Å². The Morgan fingerprint density at radius 2 is 2.05 bits per heavy atom. The van der Waals surface area contributed by atoms with Gasteiger partial charge in [0.25, 0.3) is 10.0 Å². The molecule has 0 fully saturated rings. The number of imidazole rings is 1. The minimum atomic E-state index is -4.05. The highest BCUT2D eigenvalue weighted by Gasteiger charge is 2.31. The van der Waals surface area contributed by atoms with E-state index in [1.54, 1.807) is 17.5 Å². The Balaban J connectivity index is 2.61. The van der Waals surface area contributed by atoms with E-state index in [1.807, 2.05) is 0 Å². The largest absolute Gasteiger partial charge is 0.279 e. The van der Waals surface area contributed by atoms with Gasteiger partial charge in [-0.25, -0.2) is 13.4 Å². The highest BCUT2D eigenvalue weighted by atomic mass is 35.5. The Labute approximate surface area is 117 Å². The van der Waals surface area contributed by atoms with Crippen LogP contribution >= 0.6 is 22.9 Å². The fraction of sp³-hybridized carbons (Fsp3) is 0.222. The lowest BCUT2D eigenvalue weighted by Gasteiger charge is -2.15. The minimum absolute atomic E-state index is 0.173. The smallest absolute Gasteiger partial charge is 0.264 e. The topological polar surface area (TPSA) is 102 Å². The van der Waals surface area contributed by atoms with Gasteiger partial charge in [-0.1, -0.05) is 11.6 Å². The van der Waals surface area contributed by atoms with Crippen LogP contribution in [0.5, 0.6) is 0 Å². The Morgan fingerprint density at radius 3 is 2.63 bits per heavy atom. The van der Waals surface area contributed by atoms with E-state index in [2.05, 4.69) is 4.98 Å². The molecule has 98 valence electrons. The molecule has 10 heteroatoms. The molecule has 2 aromatic rings. The standard InChI is InChI=1S/C9H6ClN5O2S2/c10-7-8(15-5-6-18-9(15)13-7)19(16,17)14(3-1-11)4-2-12/h5-6H,3-4H2. The van der Waals surface area contributed by atoms with Crippen LogP contribution in [0.15, 0.2) is 16.6 Å². The summed E-state index contributed by atoms with van der Waals surface area (Å²) in [6, 6.07) is 3.42. The fourth-order valence-electron chi connectivity index (χ4n) is 1.48. The first-order valence-electron chi connectivity index (χ1n) is 4.87. The summed E-state index contributed by atoms with van der Waals surface area (Å²) in [4.78, 5) is 4.35. The number of thiazole rings is 1. The van der Waals surface area contributed by atoms with Gasteiger partial charge in [0.2, 0.25) is 0 Å². The third kappa shape index (κ3) is 2.29. The summed E-state index contributed by atoms with van der Waals surface area (Å²) in [5.41, 5.74) is 0. The first kappa shape index (κ1) is 13.8. The van der Waals surface area contributed by atoms with E-state index in [1.165, 1.54) is 21.9 Å². The van der Waals surface area contributed by atoms with E-state index < -0.39 is 23.1 Å². The number of fused-ring (bicyclic) bond motifs is 1. The predicted molar refractivity (Wildman–Crippen MR) is 68.1 cm³/mol. The number of aromatic nitrogens is 2. The molecule has 0 aliphatic heterocycles. The quantitative estimate of drug-likeness (QED) is 0.786. The molecule has 0 aromatic carbocycles. The van der Waals surface area contributed by atoms with Crippen molar-refractivity contribution in [3.8, 4) is 12.1 Å². The lowest BCUT2D eigenvalue weighted by atomic mass is 10.6. The van der Waals surface area contributed by atoms with Crippen molar-refractivity contribution in [3.05, 3.63) is 16.7 Å². The van der Waals surface area contributed by atoms with Crippen LogP contribution in [-0.4, -0.2) is 35.2 Å². The minimum Gasteiger partial charge on any atom is -0.279 e. The molecule has 0 amide bonds. The van der Waals surface area contributed by atoms with Crippen molar-refractivity contribution in [1.29, 1.82) is 10.5 Å². The lowest BCUT2D eigenvalue weighted by Crippen LogP contribution is -2.32. The average molecular weight is 316 g/mol. The Hall–Kier alpha value is -1.65.